The molecule has 0 aromatic heterocycles. The maximum atomic E-state index is 12.0. The van der Waals surface area contributed by atoms with Crippen LogP contribution in [0.5, 0.6) is 5.75 Å². The van der Waals surface area contributed by atoms with E-state index in [1.165, 1.54) is 12.1 Å². The highest BCUT2D eigenvalue weighted by Gasteiger charge is 2.37. The summed E-state index contributed by atoms with van der Waals surface area (Å²) in [4.78, 5) is 24.6. The van der Waals surface area contributed by atoms with Crippen molar-refractivity contribution in [3.05, 3.63) is 29.8 Å². The molecule has 7 heteroatoms. The fourth-order valence-corrected chi connectivity index (χ4v) is 3.03. The van der Waals surface area contributed by atoms with Crippen molar-refractivity contribution in [1.82, 2.24) is 4.90 Å². The van der Waals surface area contributed by atoms with E-state index < -0.39 is 18.2 Å². The predicted molar refractivity (Wildman–Crippen MR) is 87.9 cm³/mol. The number of aliphatic hydroxyl groups is 1. The van der Waals surface area contributed by atoms with E-state index in [-0.39, 0.29) is 30.5 Å². The Labute approximate surface area is 141 Å². The van der Waals surface area contributed by atoms with Crippen molar-refractivity contribution in [2.24, 2.45) is 5.73 Å². The number of carboxylic acids is 1. The van der Waals surface area contributed by atoms with Crippen molar-refractivity contribution in [3.63, 3.8) is 0 Å². The SMILES string of the molecule is CN(C(=O)CCN)[C@@H]1CCC[C@H](Oc2cccc(C(=O)O)c2)[C@H]1O. The minimum atomic E-state index is -1.03. The van der Waals surface area contributed by atoms with Gasteiger partial charge in [-0.2, -0.15) is 0 Å². The van der Waals surface area contributed by atoms with Crippen LogP contribution in [0.4, 0.5) is 0 Å². The van der Waals surface area contributed by atoms with E-state index in [0.29, 0.717) is 18.6 Å². The predicted octanol–water partition coefficient (Wildman–Crippen LogP) is 0.853. The van der Waals surface area contributed by atoms with Crippen LogP contribution in [0.2, 0.25) is 0 Å². The first-order valence-corrected chi connectivity index (χ1v) is 8.08. The molecule has 0 radical (unpaired) electrons. The van der Waals surface area contributed by atoms with E-state index in [9.17, 15) is 14.7 Å². The van der Waals surface area contributed by atoms with Gasteiger partial charge in [0.1, 0.15) is 18.0 Å². The maximum absolute atomic E-state index is 12.0. The summed E-state index contributed by atoms with van der Waals surface area (Å²) >= 11 is 0. The average Bonchev–Trinajstić information content (AvgIpc) is 2.56. The summed E-state index contributed by atoms with van der Waals surface area (Å²) in [6, 6.07) is 5.84. The number of rotatable bonds is 6. The minimum absolute atomic E-state index is 0.102. The van der Waals surface area contributed by atoms with E-state index in [0.717, 1.165) is 6.42 Å². The molecule has 2 rings (SSSR count). The van der Waals surface area contributed by atoms with E-state index in [1.807, 2.05) is 0 Å². The number of hydrogen-bond donors (Lipinski definition) is 3. The number of nitrogens with zero attached hydrogens (tertiary/aromatic N) is 1. The van der Waals surface area contributed by atoms with Gasteiger partial charge in [0, 0.05) is 20.0 Å². The summed E-state index contributed by atoms with van der Waals surface area (Å²) in [5.74, 6) is -0.736. The number of benzene rings is 1. The number of aromatic carboxylic acids is 1. The molecular weight excluding hydrogens is 312 g/mol. The van der Waals surface area contributed by atoms with Gasteiger partial charge < -0.3 is 25.6 Å². The standard InChI is InChI=1S/C17H24N2O5/c1-19(15(20)8-9-18)13-6-3-7-14(16(13)21)24-12-5-2-4-11(10-12)17(22)23/h2,4-5,10,13-14,16,21H,3,6-9,18H2,1H3,(H,22,23)/t13-,14+,16+/m1/s1. The van der Waals surface area contributed by atoms with Crippen molar-refractivity contribution >= 4 is 11.9 Å². The molecule has 0 aliphatic heterocycles. The lowest BCUT2D eigenvalue weighted by Gasteiger charge is -2.39. The van der Waals surface area contributed by atoms with Gasteiger partial charge in [0.05, 0.1) is 11.6 Å². The van der Waals surface area contributed by atoms with Gasteiger partial charge in [-0.05, 0) is 37.5 Å². The molecule has 0 bridgehead atoms. The number of likely N-dealkylation sites (N-methyl/N-ethyl adjacent to an activating group) is 1. The number of amides is 1. The average molecular weight is 336 g/mol. The second-order valence-electron chi connectivity index (χ2n) is 6.02. The van der Waals surface area contributed by atoms with Gasteiger partial charge in [-0.3, -0.25) is 4.79 Å². The Kier molecular flexibility index (Phi) is 6.16. The van der Waals surface area contributed by atoms with Crippen LogP contribution in [-0.2, 0) is 4.79 Å². The highest BCUT2D eigenvalue weighted by Crippen LogP contribution is 2.27. The van der Waals surface area contributed by atoms with Gasteiger partial charge >= 0.3 is 5.97 Å². The van der Waals surface area contributed by atoms with Crippen LogP contribution >= 0.6 is 0 Å². The summed E-state index contributed by atoms with van der Waals surface area (Å²) in [7, 11) is 1.67. The molecule has 1 aromatic rings. The van der Waals surface area contributed by atoms with Crippen LogP contribution in [0.25, 0.3) is 0 Å². The lowest BCUT2D eigenvalue weighted by Crippen LogP contribution is -2.53. The van der Waals surface area contributed by atoms with E-state index in [1.54, 1.807) is 24.1 Å². The number of ether oxygens (including phenoxy) is 1. The van der Waals surface area contributed by atoms with Crippen molar-refractivity contribution in [2.75, 3.05) is 13.6 Å². The van der Waals surface area contributed by atoms with Crippen LogP contribution < -0.4 is 10.5 Å². The first kappa shape index (κ1) is 18.2. The molecule has 4 N–H and O–H groups in total. The molecule has 1 saturated carbocycles. The first-order valence-electron chi connectivity index (χ1n) is 8.08. The second kappa shape index (κ2) is 8.12. The highest BCUT2D eigenvalue weighted by molar-refractivity contribution is 5.88. The Morgan fingerprint density at radius 2 is 2.12 bits per heavy atom. The number of nitrogens with two attached hydrogens (primary N) is 1. The molecular formula is C17H24N2O5. The molecule has 1 fully saturated rings. The van der Waals surface area contributed by atoms with Crippen molar-refractivity contribution in [2.45, 2.75) is 43.9 Å². The molecule has 1 aliphatic rings. The van der Waals surface area contributed by atoms with E-state index in [2.05, 4.69) is 0 Å². The van der Waals surface area contributed by atoms with Crippen molar-refractivity contribution < 1.29 is 24.5 Å². The molecule has 1 amide bonds. The number of hydrogen-bond acceptors (Lipinski definition) is 5. The first-order chi connectivity index (χ1) is 11.4. The van der Waals surface area contributed by atoms with Crippen molar-refractivity contribution in [3.8, 4) is 5.75 Å². The van der Waals surface area contributed by atoms with Crippen LogP contribution in [0, 0.1) is 0 Å². The summed E-state index contributed by atoms with van der Waals surface area (Å²) in [6.07, 6.45) is 1.08. The number of carbonyl (C=O) groups is 2. The molecule has 0 unspecified atom stereocenters. The second-order valence-corrected chi connectivity index (χ2v) is 6.02. The smallest absolute Gasteiger partial charge is 0.335 e. The van der Waals surface area contributed by atoms with Gasteiger partial charge in [-0.25, -0.2) is 4.79 Å². The fraction of sp³-hybridized carbons (Fsp3) is 0.529. The monoisotopic (exact) mass is 336 g/mol. The Morgan fingerprint density at radius 3 is 2.79 bits per heavy atom. The van der Waals surface area contributed by atoms with Crippen LogP contribution in [0.15, 0.2) is 24.3 Å². The zero-order valence-electron chi connectivity index (χ0n) is 13.7. The number of carbonyl (C=O) groups excluding carboxylic acids is 1. The zero-order chi connectivity index (χ0) is 17.7. The third-order valence-electron chi connectivity index (χ3n) is 4.38. The third kappa shape index (κ3) is 4.24. The van der Waals surface area contributed by atoms with Crippen LogP contribution in [0.3, 0.4) is 0 Å². The fourth-order valence-electron chi connectivity index (χ4n) is 3.03. The van der Waals surface area contributed by atoms with Gasteiger partial charge in [0.2, 0.25) is 5.91 Å². The lowest BCUT2D eigenvalue weighted by molar-refractivity contribution is -0.137. The van der Waals surface area contributed by atoms with Gasteiger partial charge in [-0.15, -0.1) is 0 Å². The van der Waals surface area contributed by atoms with E-state index >= 15 is 0 Å². The summed E-state index contributed by atoms with van der Waals surface area (Å²) < 4.78 is 5.80. The Morgan fingerprint density at radius 1 is 1.38 bits per heavy atom. The topological polar surface area (TPSA) is 113 Å². The number of carboxylic acid groups (broad SMARTS) is 1. The maximum Gasteiger partial charge on any atom is 0.335 e. The minimum Gasteiger partial charge on any atom is -0.488 e. The largest absolute Gasteiger partial charge is 0.488 e. The Balaban J connectivity index is 2.07. The zero-order valence-corrected chi connectivity index (χ0v) is 13.7. The van der Waals surface area contributed by atoms with Gasteiger partial charge in [0.25, 0.3) is 0 Å². The van der Waals surface area contributed by atoms with Crippen LogP contribution in [-0.4, -0.2) is 58.8 Å². The summed E-state index contributed by atoms with van der Waals surface area (Å²) in [5, 5.41) is 19.6. The van der Waals surface area contributed by atoms with Crippen molar-refractivity contribution in [1.29, 1.82) is 0 Å². The highest BCUT2D eigenvalue weighted by atomic mass is 16.5. The van der Waals surface area contributed by atoms with Gasteiger partial charge in [0.15, 0.2) is 0 Å². The van der Waals surface area contributed by atoms with Gasteiger partial charge in [-0.1, -0.05) is 6.07 Å². The summed E-state index contributed by atoms with van der Waals surface area (Å²) in [5.41, 5.74) is 5.55. The molecule has 0 spiro atoms. The lowest BCUT2D eigenvalue weighted by atomic mass is 9.88. The van der Waals surface area contributed by atoms with E-state index in [4.69, 9.17) is 15.6 Å². The summed E-state index contributed by atoms with van der Waals surface area (Å²) in [6.45, 7) is 0.272. The molecule has 3 atom stereocenters. The quantitative estimate of drug-likeness (QED) is 0.710. The normalized spacial score (nSPS) is 23.5. The molecule has 0 saturated heterocycles. The molecule has 7 nitrogen and oxygen atoms in total. The molecule has 132 valence electrons. The Hall–Kier alpha value is -2.12. The van der Waals surface area contributed by atoms with Crippen LogP contribution in [0.1, 0.15) is 36.0 Å². The molecule has 1 aliphatic carbocycles. The molecule has 24 heavy (non-hydrogen) atoms. The molecule has 0 heterocycles. The molecule has 1 aromatic carbocycles. The number of aliphatic hydroxyl groups excluding tert-OH is 1. The third-order valence-corrected chi connectivity index (χ3v) is 4.38. The Bertz CT molecular complexity index is 592.